The molecule has 6 nitrogen and oxygen atoms in total. The minimum atomic E-state index is -0.278. The molecule has 0 aliphatic carbocycles. The van der Waals surface area contributed by atoms with E-state index in [0.717, 1.165) is 16.9 Å². The molecule has 0 saturated carbocycles. The first-order chi connectivity index (χ1) is 12.0. The van der Waals surface area contributed by atoms with Gasteiger partial charge in [0.25, 0.3) is 5.91 Å². The molecule has 0 unspecified atom stereocenters. The van der Waals surface area contributed by atoms with Crippen molar-refractivity contribution >= 4 is 50.6 Å². The molecule has 0 aliphatic heterocycles. The lowest BCUT2D eigenvalue weighted by atomic mass is 10.1. The molecule has 0 atom stereocenters. The lowest BCUT2D eigenvalue weighted by molar-refractivity contribution is 0.0959. The highest BCUT2D eigenvalue weighted by Crippen LogP contribution is 2.34. The van der Waals surface area contributed by atoms with Crippen LogP contribution in [0.1, 0.15) is 20.8 Å². The number of nitrogens with two attached hydrogens (primary N) is 2. The van der Waals surface area contributed by atoms with Crippen molar-refractivity contribution in [1.29, 1.82) is 5.26 Å². The molecule has 0 bridgehead atoms. The third kappa shape index (κ3) is 3.50. The Morgan fingerprint density at radius 1 is 1.36 bits per heavy atom. The summed E-state index contributed by atoms with van der Waals surface area (Å²) in [6, 6.07) is 11.0. The Balaban J connectivity index is 1.76. The average Bonchev–Trinajstić information content (AvgIpc) is 2.90. The number of fused-ring (bicyclic) bond motifs is 1. The molecule has 0 radical (unpaired) electrons. The molecule has 1 amide bonds. The molecule has 3 aromatic rings. The van der Waals surface area contributed by atoms with Crippen molar-refractivity contribution in [2.45, 2.75) is 6.42 Å². The summed E-state index contributed by atoms with van der Waals surface area (Å²) in [5.41, 5.74) is 13.4. The first kappa shape index (κ1) is 17.0. The Hall–Kier alpha value is -2.82. The van der Waals surface area contributed by atoms with Gasteiger partial charge in [-0.05, 0) is 30.2 Å². The van der Waals surface area contributed by atoms with Crippen LogP contribution in [-0.4, -0.2) is 17.4 Å². The number of hydrogen-bond donors (Lipinski definition) is 3. The number of nitrogens with one attached hydrogen (secondary N) is 1. The summed E-state index contributed by atoms with van der Waals surface area (Å²) in [7, 11) is 0. The van der Waals surface area contributed by atoms with E-state index < -0.39 is 0 Å². The Morgan fingerprint density at radius 2 is 2.16 bits per heavy atom. The highest BCUT2D eigenvalue weighted by atomic mass is 35.5. The van der Waals surface area contributed by atoms with Crippen LogP contribution in [0.25, 0.3) is 10.2 Å². The number of carbonyl (C=O) groups is 1. The smallest absolute Gasteiger partial charge is 0.263 e. The number of nitrogens with zero attached hydrogens (tertiary/aromatic N) is 2. The number of benzene rings is 1. The Bertz CT molecular complexity index is 1010. The topological polar surface area (TPSA) is 118 Å². The van der Waals surface area contributed by atoms with E-state index in [0.29, 0.717) is 38.8 Å². The number of thiophene rings is 1. The van der Waals surface area contributed by atoms with Crippen LogP contribution in [0.4, 0.5) is 11.5 Å². The van der Waals surface area contributed by atoms with Crippen molar-refractivity contribution in [3.63, 3.8) is 0 Å². The number of aromatic nitrogens is 1. The van der Waals surface area contributed by atoms with E-state index in [4.69, 9.17) is 28.3 Å². The fourth-order valence-electron chi connectivity index (χ4n) is 2.41. The first-order valence-corrected chi connectivity index (χ1v) is 8.60. The number of amides is 1. The summed E-state index contributed by atoms with van der Waals surface area (Å²) in [6.45, 7) is 0.450. The Morgan fingerprint density at radius 3 is 2.88 bits per heavy atom. The van der Waals surface area contributed by atoms with Crippen LogP contribution in [0.15, 0.2) is 30.3 Å². The van der Waals surface area contributed by atoms with Crippen molar-refractivity contribution < 1.29 is 4.79 Å². The zero-order valence-electron chi connectivity index (χ0n) is 13.0. The van der Waals surface area contributed by atoms with Gasteiger partial charge in [-0.3, -0.25) is 4.79 Å². The summed E-state index contributed by atoms with van der Waals surface area (Å²) in [5, 5.41) is 13.1. The summed E-state index contributed by atoms with van der Waals surface area (Å²) >= 11 is 7.10. The molecule has 25 heavy (non-hydrogen) atoms. The number of pyridine rings is 1. The van der Waals surface area contributed by atoms with E-state index in [1.54, 1.807) is 12.1 Å². The predicted octanol–water partition coefficient (Wildman–Crippen LogP) is 2.96. The van der Waals surface area contributed by atoms with E-state index in [2.05, 4.69) is 10.3 Å². The van der Waals surface area contributed by atoms with Gasteiger partial charge in [-0.15, -0.1) is 11.3 Å². The predicted molar refractivity (Wildman–Crippen MR) is 101 cm³/mol. The number of nitrogen functional groups attached to an aromatic ring is 2. The van der Waals surface area contributed by atoms with E-state index in [-0.39, 0.29) is 17.3 Å². The second kappa shape index (κ2) is 6.97. The van der Waals surface area contributed by atoms with E-state index in [1.165, 1.54) is 0 Å². The molecule has 8 heteroatoms. The lowest BCUT2D eigenvalue weighted by Crippen LogP contribution is -2.25. The standard InChI is InChI=1S/C17H14ClN5OS/c18-11-3-1-2-9(6-11)4-5-22-16(24)14-13(20)12-7-10(8-19)15(21)23-17(12)25-14/h1-3,6-7H,4-5,20H2,(H2,21,23)(H,22,24). The number of rotatable bonds is 4. The molecule has 1 aromatic carbocycles. The lowest BCUT2D eigenvalue weighted by Gasteiger charge is -2.05. The molecular formula is C17H14ClN5OS. The van der Waals surface area contributed by atoms with Crippen LogP contribution in [0.3, 0.4) is 0 Å². The molecule has 3 rings (SSSR count). The van der Waals surface area contributed by atoms with Gasteiger partial charge in [0.15, 0.2) is 0 Å². The molecule has 0 aliphatic rings. The van der Waals surface area contributed by atoms with E-state index in [9.17, 15) is 4.79 Å². The summed E-state index contributed by atoms with van der Waals surface area (Å²) in [6.07, 6.45) is 0.654. The van der Waals surface area contributed by atoms with Crippen LogP contribution < -0.4 is 16.8 Å². The number of anilines is 2. The molecule has 0 fully saturated rings. The normalized spacial score (nSPS) is 10.6. The van der Waals surface area contributed by atoms with Crippen LogP contribution in [-0.2, 0) is 6.42 Å². The maximum absolute atomic E-state index is 12.4. The molecule has 5 N–H and O–H groups in total. The summed E-state index contributed by atoms with van der Waals surface area (Å²) < 4.78 is 0. The Kier molecular flexibility index (Phi) is 4.74. The highest BCUT2D eigenvalue weighted by Gasteiger charge is 2.18. The van der Waals surface area contributed by atoms with Gasteiger partial charge in [-0.25, -0.2) is 4.98 Å². The summed E-state index contributed by atoms with van der Waals surface area (Å²) in [5.74, 6) is -0.149. The zero-order valence-corrected chi connectivity index (χ0v) is 14.6. The van der Waals surface area contributed by atoms with Gasteiger partial charge in [0.1, 0.15) is 21.6 Å². The monoisotopic (exact) mass is 371 g/mol. The third-order valence-electron chi connectivity index (χ3n) is 3.67. The molecule has 0 saturated heterocycles. The molecule has 126 valence electrons. The highest BCUT2D eigenvalue weighted by molar-refractivity contribution is 7.21. The largest absolute Gasteiger partial charge is 0.397 e. The van der Waals surface area contributed by atoms with Gasteiger partial charge in [0.2, 0.25) is 0 Å². The van der Waals surface area contributed by atoms with Crippen LogP contribution >= 0.6 is 22.9 Å². The summed E-state index contributed by atoms with van der Waals surface area (Å²) in [4.78, 5) is 17.4. The van der Waals surface area contributed by atoms with E-state index >= 15 is 0 Å². The maximum Gasteiger partial charge on any atom is 0.263 e. The average molecular weight is 372 g/mol. The number of hydrogen-bond acceptors (Lipinski definition) is 6. The second-order valence-corrected chi connectivity index (χ2v) is 6.80. The van der Waals surface area contributed by atoms with Gasteiger partial charge in [-0.1, -0.05) is 23.7 Å². The maximum atomic E-state index is 12.4. The van der Waals surface area contributed by atoms with Crippen molar-refractivity contribution in [3.05, 3.63) is 51.4 Å². The van der Waals surface area contributed by atoms with E-state index in [1.807, 2.05) is 24.3 Å². The number of carbonyl (C=O) groups excluding carboxylic acids is 1. The quantitative estimate of drug-likeness (QED) is 0.651. The zero-order chi connectivity index (χ0) is 18.0. The molecule has 2 heterocycles. The van der Waals surface area contributed by atoms with Crippen molar-refractivity contribution in [3.8, 4) is 6.07 Å². The fraction of sp³-hybridized carbons (Fsp3) is 0.118. The second-order valence-electron chi connectivity index (χ2n) is 5.37. The molecule has 2 aromatic heterocycles. The van der Waals surface area contributed by atoms with Gasteiger partial charge >= 0.3 is 0 Å². The SMILES string of the molecule is N#Cc1cc2c(N)c(C(=O)NCCc3cccc(Cl)c3)sc2nc1N. The first-order valence-electron chi connectivity index (χ1n) is 7.41. The van der Waals surface area contributed by atoms with Gasteiger partial charge in [0, 0.05) is 17.0 Å². The van der Waals surface area contributed by atoms with Crippen molar-refractivity contribution in [2.75, 3.05) is 18.0 Å². The number of nitriles is 1. The van der Waals surface area contributed by atoms with Crippen LogP contribution in [0, 0.1) is 11.3 Å². The molecule has 0 spiro atoms. The minimum absolute atomic E-state index is 0.129. The van der Waals surface area contributed by atoms with Crippen LogP contribution in [0.2, 0.25) is 5.02 Å². The van der Waals surface area contributed by atoms with Crippen molar-refractivity contribution in [1.82, 2.24) is 10.3 Å². The van der Waals surface area contributed by atoms with Gasteiger partial charge < -0.3 is 16.8 Å². The van der Waals surface area contributed by atoms with Gasteiger partial charge in [0.05, 0.1) is 11.3 Å². The third-order valence-corrected chi connectivity index (χ3v) is 5.01. The molecular weight excluding hydrogens is 358 g/mol. The number of halogens is 1. The fourth-order valence-corrected chi connectivity index (χ4v) is 3.62. The minimum Gasteiger partial charge on any atom is -0.397 e. The van der Waals surface area contributed by atoms with Gasteiger partial charge in [-0.2, -0.15) is 5.26 Å². The van der Waals surface area contributed by atoms with Crippen LogP contribution in [0.5, 0.6) is 0 Å². The van der Waals surface area contributed by atoms with Crippen molar-refractivity contribution in [2.24, 2.45) is 0 Å². The Labute approximate surface area is 153 Å².